The van der Waals surface area contributed by atoms with E-state index >= 15 is 0 Å². The van der Waals surface area contributed by atoms with Crippen molar-refractivity contribution in [2.75, 3.05) is 26.4 Å². The second-order valence-corrected chi connectivity index (χ2v) is 13.5. The van der Waals surface area contributed by atoms with Crippen LogP contribution in [0.1, 0.15) is 149 Å². The third kappa shape index (κ3) is 33.9. The standard InChI is InChI=1S/C38H68NO8P/c1-3-5-7-9-11-13-15-17-19-20-22-24-26-28-30-37(40)44-34-36(35-46-48(42,43)45-33-32-39)47-38(41)31-29-27-25-23-21-18-16-14-12-10-8-6-4-2/h6,8,12,14,18,21,25,27,36H,3-5,7,9-11,13,15-17,19-20,22-24,26,28-35,39H2,1-2H3,(H,42,43)/b8-6-,14-12-,21-18-,27-25-. The van der Waals surface area contributed by atoms with Gasteiger partial charge in [0.05, 0.1) is 13.2 Å². The molecule has 9 nitrogen and oxygen atoms in total. The van der Waals surface area contributed by atoms with E-state index in [-0.39, 0.29) is 32.6 Å². The Kier molecular flexibility index (Phi) is 33.3. The number of unbranched alkanes of at least 4 members (excludes halogenated alkanes) is 13. The van der Waals surface area contributed by atoms with Crippen molar-refractivity contribution in [1.29, 1.82) is 0 Å². The van der Waals surface area contributed by atoms with E-state index in [0.717, 1.165) is 44.9 Å². The molecule has 0 aliphatic heterocycles. The SMILES string of the molecule is CC/C=C\C/C=C\C/C=C\C/C=C\CCC(=O)OC(COC(=O)CCCCCCCCCCCCCCCC)COP(=O)(O)OCCN. The third-order valence-electron chi connectivity index (χ3n) is 7.49. The van der Waals surface area contributed by atoms with Crippen molar-refractivity contribution in [2.45, 2.75) is 155 Å². The van der Waals surface area contributed by atoms with Gasteiger partial charge in [-0.25, -0.2) is 4.57 Å². The second kappa shape index (κ2) is 34.8. The molecule has 0 aliphatic rings. The molecule has 0 aromatic heterocycles. The Bertz CT molecular complexity index is 934. The summed E-state index contributed by atoms with van der Waals surface area (Å²) < 4.78 is 32.5. The van der Waals surface area contributed by atoms with Gasteiger partial charge >= 0.3 is 19.8 Å². The first-order valence-electron chi connectivity index (χ1n) is 18.6. The maximum atomic E-state index is 12.5. The first-order valence-corrected chi connectivity index (χ1v) is 20.1. The van der Waals surface area contributed by atoms with E-state index in [1.165, 1.54) is 70.6 Å². The van der Waals surface area contributed by atoms with Crippen molar-refractivity contribution < 1.29 is 37.6 Å². The summed E-state index contributed by atoms with van der Waals surface area (Å²) in [5.41, 5.74) is 5.32. The molecule has 0 aromatic rings. The summed E-state index contributed by atoms with van der Waals surface area (Å²) in [6, 6.07) is 0. The van der Waals surface area contributed by atoms with E-state index in [1.54, 1.807) is 0 Å². The van der Waals surface area contributed by atoms with Gasteiger partial charge in [0, 0.05) is 19.4 Å². The lowest BCUT2D eigenvalue weighted by Gasteiger charge is -2.19. The van der Waals surface area contributed by atoms with Crippen LogP contribution in [0.25, 0.3) is 0 Å². The zero-order valence-electron chi connectivity index (χ0n) is 30.2. The van der Waals surface area contributed by atoms with Gasteiger partial charge in [-0.3, -0.25) is 18.6 Å². The number of phosphoric ester groups is 1. The molecule has 0 heterocycles. The van der Waals surface area contributed by atoms with Crippen molar-refractivity contribution in [2.24, 2.45) is 5.73 Å². The number of rotatable bonds is 34. The number of phosphoric acid groups is 1. The number of carbonyl (C=O) groups is 2. The van der Waals surface area contributed by atoms with Crippen LogP contribution in [0.4, 0.5) is 0 Å². The highest BCUT2D eigenvalue weighted by atomic mass is 31.2. The van der Waals surface area contributed by atoms with Gasteiger partial charge in [-0.2, -0.15) is 0 Å². The summed E-state index contributed by atoms with van der Waals surface area (Å²) in [7, 11) is -4.39. The minimum atomic E-state index is -4.39. The number of allylic oxidation sites excluding steroid dienone is 8. The van der Waals surface area contributed by atoms with E-state index in [1.807, 2.05) is 12.2 Å². The van der Waals surface area contributed by atoms with Crippen LogP contribution < -0.4 is 5.73 Å². The molecule has 0 spiro atoms. The molecular weight excluding hydrogens is 629 g/mol. The summed E-state index contributed by atoms with van der Waals surface area (Å²) in [5, 5.41) is 0. The zero-order chi connectivity index (χ0) is 35.4. The lowest BCUT2D eigenvalue weighted by atomic mass is 10.0. The fraction of sp³-hybridized carbons (Fsp3) is 0.737. The summed E-state index contributed by atoms with van der Waals surface area (Å²) in [5.74, 6) is -0.925. The minimum absolute atomic E-state index is 0.0422. The van der Waals surface area contributed by atoms with Gasteiger partial charge in [0.25, 0.3) is 0 Å². The molecule has 0 amide bonds. The highest BCUT2D eigenvalue weighted by Crippen LogP contribution is 2.43. The van der Waals surface area contributed by atoms with Crippen LogP contribution >= 0.6 is 7.82 Å². The predicted molar refractivity (Wildman–Crippen MR) is 196 cm³/mol. The van der Waals surface area contributed by atoms with E-state index in [2.05, 4.69) is 50.3 Å². The van der Waals surface area contributed by atoms with E-state index in [0.29, 0.717) is 6.42 Å². The summed E-state index contributed by atoms with van der Waals surface area (Å²) in [6.45, 7) is 3.51. The number of hydrogen-bond acceptors (Lipinski definition) is 8. The van der Waals surface area contributed by atoms with Gasteiger partial charge in [-0.15, -0.1) is 0 Å². The molecule has 0 aliphatic carbocycles. The smallest absolute Gasteiger partial charge is 0.462 e. The van der Waals surface area contributed by atoms with Crippen LogP contribution in [0.3, 0.4) is 0 Å². The number of carbonyl (C=O) groups excluding carboxylic acids is 2. The number of esters is 2. The molecule has 0 saturated carbocycles. The van der Waals surface area contributed by atoms with Crippen molar-refractivity contribution in [3.05, 3.63) is 48.6 Å². The molecule has 0 saturated heterocycles. The third-order valence-corrected chi connectivity index (χ3v) is 8.48. The minimum Gasteiger partial charge on any atom is -0.462 e. The maximum Gasteiger partial charge on any atom is 0.472 e. The Morgan fingerprint density at radius 2 is 1.15 bits per heavy atom. The molecule has 2 unspecified atom stereocenters. The molecule has 0 radical (unpaired) electrons. The molecule has 0 rings (SSSR count). The highest BCUT2D eigenvalue weighted by molar-refractivity contribution is 7.47. The summed E-state index contributed by atoms with van der Waals surface area (Å²) in [6.07, 6.45) is 37.3. The van der Waals surface area contributed by atoms with Gasteiger partial charge in [-0.05, 0) is 38.5 Å². The molecule has 0 fully saturated rings. The maximum absolute atomic E-state index is 12.5. The Morgan fingerprint density at radius 3 is 1.67 bits per heavy atom. The van der Waals surface area contributed by atoms with Gasteiger partial charge in [-0.1, -0.05) is 146 Å². The summed E-state index contributed by atoms with van der Waals surface area (Å²) in [4.78, 5) is 34.6. The summed E-state index contributed by atoms with van der Waals surface area (Å²) >= 11 is 0. The molecular formula is C38H68NO8P. The van der Waals surface area contributed by atoms with Crippen molar-refractivity contribution in [3.8, 4) is 0 Å². The molecule has 3 N–H and O–H groups in total. The lowest BCUT2D eigenvalue weighted by molar-refractivity contribution is -0.161. The van der Waals surface area contributed by atoms with Crippen LogP contribution in [0.2, 0.25) is 0 Å². The van der Waals surface area contributed by atoms with Crippen LogP contribution in [-0.2, 0) is 32.7 Å². The highest BCUT2D eigenvalue weighted by Gasteiger charge is 2.25. The van der Waals surface area contributed by atoms with Crippen LogP contribution in [-0.4, -0.2) is 49.3 Å². The molecule has 278 valence electrons. The fourth-order valence-corrected chi connectivity index (χ4v) is 5.53. The average molecular weight is 698 g/mol. The topological polar surface area (TPSA) is 134 Å². The number of nitrogens with two attached hydrogens (primary N) is 1. The van der Waals surface area contributed by atoms with Gasteiger partial charge in [0.2, 0.25) is 0 Å². The van der Waals surface area contributed by atoms with Crippen LogP contribution in [0, 0.1) is 0 Å². The average Bonchev–Trinajstić information content (AvgIpc) is 3.07. The normalized spacial score (nSPS) is 14.0. The lowest BCUT2D eigenvalue weighted by Crippen LogP contribution is -2.29. The van der Waals surface area contributed by atoms with Gasteiger partial charge in [0.1, 0.15) is 6.61 Å². The Hall–Kier alpha value is -2.03. The molecule has 0 bridgehead atoms. The number of ether oxygens (including phenoxy) is 2. The van der Waals surface area contributed by atoms with Crippen molar-refractivity contribution in [1.82, 2.24) is 0 Å². The first-order chi connectivity index (χ1) is 23.3. The molecule has 10 heteroatoms. The van der Waals surface area contributed by atoms with Gasteiger partial charge < -0.3 is 20.1 Å². The van der Waals surface area contributed by atoms with Crippen LogP contribution in [0.5, 0.6) is 0 Å². The Balaban J connectivity index is 4.33. The monoisotopic (exact) mass is 697 g/mol. The molecule has 0 aromatic carbocycles. The van der Waals surface area contributed by atoms with Crippen molar-refractivity contribution >= 4 is 19.8 Å². The van der Waals surface area contributed by atoms with Crippen LogP contribution in [0.15, 0.2) is 48.6 Å². The second-order valence-electron chi connectivity index (χ2n) is 12.1. The van der Waals surface area contributed by atoms with Crippen molar-refractivity contribution in [3.63, 3.8) is 0 Å². The fourth-order valence-electron chi connectivity index (χ4n) is 4.76. The van der Waals surface area contributed by atoms with E-state index in [4.69, 9.17) is 24.3 Å². The van der Waals surface area contributed by atoms with E-state index in [9.17, 15) is 19.0 Å². The molecule has 48 heavy (non-hydrogen) atoms. The van der Waals surface area contributed by atoms with E-state index < -0.39 is 32.5 Å². The number of hydrogen-bond donors (Lipinski definition) is 2. The molecule has 2 atom stereocenters. The largest absolute Gasteiger partial charge is 0.472 e. The van der Waals surface area contributed by atoms with Gasteiger partial charge in [0.15, 0.2) is 6.10 Å². The quantitative estimate of drug-likeness (QED) is 0.0291. The first kappa shape index (κ1) is 46.0. The zero-order valence-corrected chi connectivity index (χ0v) is 31.1. The Labute approximate surface area is 292 Å². The Morgan fingerprint density at radius 1 is 0.646 bits per heavy atom. The predicted octanol–water partition coefficient (Wildman–Crippen LogP) is 9.99.